The van der Waals surface area contributed by atoms with Crippen molar-refractivity contribution in [3.05, 3.63) is 72.2 Å². The van der Waals surface area contributed by atoms with Gasteiger partial charge in [-0.15, -0.1) is 0 Å². The second-order valence-electron chi connectivity index (χ2n) is 7.09. The number of aromatic nitrogens is 1. The molecule has 3 aromatic rings. The summed E-state index contributed by atoms with van der Waals surface area (Å²) >= 11 is 0. The molecular formula is C23H23N3O6. The fraction of sp³-hybridized carbons (Fsp3) is 0.217. The Morgan fingerprint density at radius 1 is 1.19 bits per heavy atom. The Labute approximate surface area is 184 Å². The van der Waals surface area contributed by atoms with E-state index >= 15 is 0 Å². The summed E-state index contributed by atoms with van der Waals surface area (Å²) in [4.78, 5) is 39.1. The number of rotatable bonds is 4. The molecule has 3 heterocycles. The van der Waals surface area contributed by atoms with Crippen LogP contribution in [0.5, 0.6) is 0 Å². The zero-order valence-corrected chi connectivity index (χ0v) is 17.2. The molecule has 9 nitrogen and oxygen atoms in total. The number of nitrogens with zero attached hydrogens (tertiary/aromatic N) is 2. The fourth-order valence-electron chi connectivity index (χ4n) is 3.37. The molecule has 32 heavy (non-hydrogen) atoms. The minimum atomic E-state index is -0.471. The molecule has 3 N–H and O–H groups in total. The van der Waals surface area contributed by atoms with Crippen LogP contribution in [0, 0.1) is 0 Å². The Morgan fingerprint density at radius 2 is 2.00 bits per heavy atom. The Bertz CT molecular complexity index is 1070. The SMILES string of the molecule is O=C(Nc1cccnc1)c1ccc(-c2cccc(C(=O)N3CCCC(O)C3)c2)o1.O=CO. The van der Waals surface area contributed by atoms with Gasteiger partial charge < -0.3 is 24.8 Å². The lowest BCUT2D eigenvalue weighted by Gasteiger charge is -2.30. The summed E-state index contributed by atoms with van der Waals surface area (Å²) in [6, 6.07) is 13.8. The highest BCUT2D eigenvalue weighted by molar-refractivity contribution is 6.02. The predicted octanol–water partition coefficient (Wildman–Crippen LogP) is 2.89. The van der Waals surface area contributed by atoms with Crippen molar-refractivity contribution in [2.75, 3.05) is 18.4 Å². The fourth-order valence-corrected chi connectivity index (χ4v) is 3.37. The number of aliphatic hydroxyl groups is 1. The Kier molecular flexibility index (Phi) is 7.71. The van der Waals surface area contributed by atoms with Crippen molar-refractivity contribution in [1.29, 1.82) is 0 Å². The highest BCUT2D eigenvalue weighted by atomic mass is 16.4. The van der Waals surface area contributed by atoms with E-state index in [1.54, 1.807) is 59.8 Å². The van der Waals surface area contributed by atoms with Crippen molar-refractivity contribution in [1.82, 2.24) is 9.88 Å². The van der Waals surface area contributed by atoms with Crippen molar-refractivity contribution < 1.29 is 29.0 Å². The Balaban J connectivity index is 0.000000913. The van der Waals surface area contributed by atoms with Crippen molar-refractivity contribution >= 4 is 24.0 Å². The van der Waals surface area contributed by atoms with Crippen molar-refractivity contribution in [2.24, 2.45) is 0 Å². The molecule has 4 rings (SSSR count). The molecule has 0 spiro atoms. The topological polar surface area (TPSA) is 133 Å². The normalized spacial score (nSPS) is 15.3. The van der Waals surface area contributed by atoms with E-state index in [2.05, 4.69) is 10.3 Å². The van der Waals surface area contributed by atoms with Crippen LogP contribution in [-0.4, -0.2) is 57.6 Å². The van der Waals surface area contributed by atoms with Gasteiger partial charge in [0, 0.05) is 30.4 Å². The minimum Gasteiger partial charge on any atom is -0.483 e. The zero-order chi connectivity index (χ0) is 22.9. The number of carbonyl (C=O) groups excluding carboxylic acids is 2. The van der Waals surface area contributed by atoms with Crippen molar-refractivity contribution in [3.8, 4) is 11.3 Å². The first-order chi connectivity index (χ1) is 15.5. The molecule has 2 aromatic heterocycles. The van der Waals surface area contributed by atoms with Crippen LogP contribution in [0.25, 0.3) is 11.3 Å². The average molecular weight is 437 g/mol. The number of furan rings is 1. The molecule has 1 aliphatic heterocycles. The second kappa shape index (κ2) is 10.9. The van der Waals surface area contributed by atoms with Crippen LogP contribution in [-0.2, 0) is 4.79 Å². The van der Waals surface area contributed by atoms with Crippen molar-refractivity contribution in [3.63, 3.8) is 0 Å². The van der Waals surface area contributed by atoms with Gasteiger partial charge in [-0.25, -0.2) is 0 Å². The molecule has 1 atom stereocenters. The number of hydrogen-bond acceptors (Lipinski definition) is 6. The van der Waals surface area contributed by atoms with Gasteiger partial charge in [0.2, 0.25) is 0 Å². The number of aliphatic hydroxyl groups excluding tert-OH is 1. The monoisotopic (exact) mass is 437 g/mol. The van der Waals surface area contributed by atoms with Gasteiger partial charge in [0.15, 0.2) is 5.76 Å². The third kappa shape index (κ3) is 5.79. The quantitative estimate of drug-likeness (QED) is 0.535. The predicted molar refractivity (Wildman–Crippen MR) is 116 cm³/mol. The van der Waals surface area contributed by atoms with E-state index in [0.29, 0.717) is 35.7 Å². The summed E-state index contributed by atoms with van der Waals surface area (Å²) in [7, 11) is 0. The minimum absolute atomic E-state index is 0.119. The van der Waals surface area contributed by atoms with Crippen LogP contribution in [0.4, 0.5) is 5.69 Å². The molecular weight excluding hydrogens is 414 g/mol. The van der Waals surface area contributed by atoms with Gasteiger partial charge >= 0.3 is 0 Å². The maximum atomic E-state index is 12.8. The van der Waals surface area contributed by atoms with Gasteiger partial charge in [-0.05, 0) is 49.2 Å². The molecule has 1 unspecified atom stereocenters. The summed E-state index contributed by atoms with van der Waals surface area (Å²) in [5.41, 5.74) is 1.80. The number of amides is 2. The van der Waals surface area contributed by atoms with E-state index in [1.807, 2.05) is 6.07 Å². The maximum absolute atomic E-state index is 12.8. The van der Waals surface area contributed by atoms with E-state index in [0.717, 1.165) is 12.8 Å². The van der Waals surface area contributed by atoms with E-state index < -0.39 is 6.10 Å². The number of likely N-dealkylation sites (tertiary alicyclic amines) is 1. The van der Waals surface area contributed by atoms with Gasteiger partial charge in [0.25, 0.3) is 18.3 Å². The van der Waals surface area contributed by atoms with Crippen LogP contribution in [0.2, 0.25) is 0 Å². The smallest absolute Gasteiger partial charge is 0.291 e. The van der Waals surface area contributed by atoms with Gasteiger partial charge in [0.1, 0.15) is 5.76 Å². The molecule has 166 valence electrons. The molecule has 0 saturated carbocycles. The van der Waals surface area contributed by atoms with Gasteiger partial charge in [0.05, 0.1) is 18.0 Å². The number of carboxylic acid groups (broad SMARTS) is 1. The largest absolute Gasteiger partial charge is 0.483 e. The number of hydrogen-bond donors (Lipinski definition) is 3. The van der Waals surface area contributed by atoms with Gasteiger partial charge in [-0.3, -0.25) is 19.4 Å². The van der Waals surface area contributed by atoms with Crippen LogP contribution in [0.15, 0.2) is 65.3 Å². The van der Waals surface area contributed by atoms with Crippen LogP contribution in [0.3, 0.4) is 0 Å². The first-order valence-corrected chi connectivity index (χ1v) is 9.98. The zero-order valence-electron chi connectivity index (χ0n) is 17.2. The third-order valence-corrected chi connectivity index (χ3v) is 4.83. The van der Waals surface area contributed by atoms with E-state index in [1.165, 1.54) is 0 Å². The molecule has 1 saturated heterocycles. The number of benzene rings is 1. The summed E-state index contributed by atoms with van der Waals surface area (Å²) in [6.45, 7) is 0.738. The second-order valence-corrected chi connectivity index (χ2v) is 7.09. The highest BCUT2D eigenvalue weighted by Crippen LogP contribution is 2.25. The number of carbonyl (C=O) groups is 3. The lowest BCUT2D eigenvalue weighted by atomic mass is 10.0. The molecule has 0 radical (unpaired) electrons. The Hall–Kier alpha value is -3.98. The first kappa shape index (κ1) is 22.7. The summed E-state index contributed by atoms with van der Waals surface area (Å²) in [5, 5.41) is 19.4. The van der Waals surface area contributed by atoms with Crippen LogP contribution >= 0.6 is 0 Å². The first-order valence-electron chi connectivity index (χ1n) is 9.98. The van der Waals surface area contributed by atoms with Crippen molar-refractivity contribution in [2.45, 2.75) is 18.9 Å². The molecule has 2 amide bonds. The Morgan fingerprint density at radius 3 is 2.72 bits per heavy atom. The highest BCUT2D eigenvalue weighted by Gasteiger charge is 2.23. The average Bonchev–Trinajstić information content (AvgIpc) is 3.31. The standard InChI is InChI=1S/C22H21N3O4.CH2O2/c26-18-7-3-11-25(14-18)22(28)16-5-1-4-15(12-16)19-8-9-20(29-19)21(27)24-17-6-2-10-23-13-17;2-1-3/h1-2,4-6,8-10,12-13,18,26H,3,7,11,14H2,(H,24,27);1H,(H,2,3). The van der Waals surface area contributed by atoms with E-state index in [4.69, 9.17) is 14.3 Å². The molecule has 1 aliphatic rings. The molecule has 0 bridgehead atoms. The number of β-amino-alcohol motifs (C(OH)–C–C–N with tert-alkyl or cyclic N) is 1. The van der Waals surface area contributed by atoms with Gasteiger partial charge in [-0.1, -0.05) is 12.1 Å². The molecule has 1 fully saturated rings. The lowest BCUT2D eigenvalue weighted by Crippen LogP contribution is -2.42. The van der Waals surface area contributed by atoms with Crippen LogP contribution < -0.4 is 5.32 Å². The van der Waals surface area contributed by atoms with E-state index in [-0.39, 0.29) is 24.0 Å². The van der Waals surface area contributed by atoms with Crippen LogP contribution in [0.1, 0.15) is 33.8 Å². The van der Waals surface area contributed by atoms with E-state index in [9.17, 15) is 14.7 Å². The summed E-state index contributed by atoms with van der Waals surface area (Å²) < 4.78 is 5.70. The number of nitrogens with one attached hydrogen (secondary N) is 1. The number of anilines is 1. The molecule has 9 heteroatoms. The lowest BCUT2D eigenvalue weighted by molar-refractivity contribution is -0.122. The molecule has 1 aromatic carbocycles. The maximum Gasteiger partial charge on any atom is 0.291 e. The third-order valence-electron chi connectivity index (χ3n) is 4.83. The molecule has 0 aliphatic carbocycles. The number of piperidine rings is 1. The number of pyridine rings is 1. The summed E-state index contributed by atoms with van der Waals surface area (Å²) in [5.74, 6) is 0.167. The van der Waals surface area contributed by atoms with Gasteiger partial charge in [-0.2, -0.15) is 0 Å². The summed E-state index contributed by atoms with van der Waals surface area (Å²) in [6.07, 6.45) is 4.22.